The highest BCUT2D eigenvalue weighted by Gasteiger charge is 2.37. The Bertz CT molecular complexity index is 3110. The van der Waals surface area contributed by atoms with Crippen molar-refractivity contribution in [3.63, 3.8) is 0 Å². The van der Waals surface area contributed by atoms with E-state index in [0.29, 0.717) is 60.7 Å². The van der Waals surface area contributed by atoms with Crippen molar-refractivity contribution in [1.82, 2.24) is 9.13 Å². The van der Waals surface area contributed by atoms with Crippen molar-refractivity contribution >= 4 is 43.6 Å². The molecular formula is C43H17F15N4. The molecule has 4 nitrogen and oxygen atoms in total. The molecular weight excluding hydrogens is 857 g/mol. The molecule has 2 aromatic heterocycles. The Hall–Kier alpha value is -7.15. The summed E-state index contributed by atoms with van der Waals surface area (Å²) in [5.41, 5.74) is -9.85. The lowest BCUT2D eigenvalue weighted by atomic mass is 9.95. The van der Waals surface area contributed by atoms with Gasteiger partial charge in [0.15, 0.2) is 0 Å². The highest BCUT2D eigenvalue weighted by molar-refractivity contribution is 6.12. The Balaban J connectivity index is 1.59. The summed E-state index contributed by atoms with van der Waals surface area (Å²) in [5, 5.41) is 18.5. The summed E-state index contributed by atoms with van der Waals surface area (Å²) in [7, 11) is 0. The first kappa shape index (κ1) is 41.6. The highest BCUT2D eigenvalue weighted by Crippen LogP contribution is 2.46. The van der Waals surface area contributed by atoms with Crippen LogP contribution in [0.2, 0.25) is 0 Å². The summed E-state index contributed by atoms with van der Waals surface area (Å²) >= 11 is 0. The molecule has 0 amide bonds. The third kappa shape index (κ3) is 6.96. The predicted octanol–water partition coefficient (Wildman–Crippen LogP) is 14.4. The van der Waals surface area contributed by atoms with E-state index in [9.17, 15) is 76.4 Å². The fraction of sp³-hybridized carbons (Fsp3) is 0.116. The zero-order valence-electron chi connectivity index (χ0n) is 30.3. The second-order valence-electron chi connectivity index (χ2n) is 14.0. The van der Waals surface area contributed by atoms with Gasteiger partial charge in [-0.3, -0.25) is 0 Å². The second-order valence-corrected chi connectivity index (χ2v) is 14.0. The zero-order valence-corrected chi connectivity index (χ0v) is 30.3. The summed E-state index contributed by atoms with van der Waals surface area (Å²) in [4.78, 5) is 0. The molecule has 6 aromatic carbocycles. The van der Waals surface area contributed by atoms with Gasteiger partial charge in [0.05, 0.1) is 84.5 Å². The van der Waals surface area contributed by atoms with Gasteiger partial charge in [-0.25, -0.2) is 0 Å². The molecule has 0 aliphatic carbocycles. The molecule has 0 atom stereocenters. The number of nitriles is 2. The van der Waals surface area contributed by atoms with E-state index in [-0.39, 0.29) is 39.0 Å². The summed E-state index contributed by atoms with van der Waals surface area (Å²) < 4.78 is 214. The van der Waals surface area contributed by atoms with Crippen LogP contribution < -0.4 is 0 Å². The van der Waals surface area contributed by atoms with Crippen LogP contribution in [-0.4, -0.2) is 9.13 Å². The number of hydrogen-bond donors (Lipinski definition) is 0. The molecule has 8 rings (SSSR count). The van der Waals surface area contributed by atoms with E-state index in [4.69, 9.17) is 0 Å². The SMILES string of the molecule is N#Cc1cc(-c2cc(-n3c4ccc(C(F)(F)F)cc4c4cc(C(F)(F)F)ccc43)c(-n3c4ccc(C(F)(F)F)cc4c4cc(C(F)(F)F)ccc43)cc2C#N)cc(C(F)(F)F)c1. The number of alkyl halides is 15. The lowest BCUT2D eigenvalue weighted by Crippen LogP contribution is -2.08. The van der Waals surface area contributed by atoms with Crippen LogP contribution in [0.5, 0.6) is 0 Å². The minimum absolute atomic E-state index is 0.226. The van der Waals surface area contributed by atoms with Crippen LogP contribution in [0.3, 0.4) is 0 Å². The monoisotopic (exact) mass is 874 g/mol. The van der Waals surface area contributed by atoms with Gasteiger partial charge in [-0.05, 0) is 109 Å². The quantitative estimate of drug-likeness (QED) is 0.166. The lowest BCUT2D eigenvalue weighted by molar-refractivity contribution is -0.138. The number of rotatable bonds is 3. The van der Waals surface area contributed by atoms with Crippen LogP contribution in [-0.2, 0) is 30.9 Å². The molecule has 0 bridgehead atoms. The summed E-state index contributed by atoms with van der Waals surface area (Å²) in [6.07, 6.45) is -25.1. The number of aromatic nitrogens is 2. The third-order valence-corrected chi connectivity index (χ3v) is 10.3. The minimum Gasteiger partial charge on any atom is -0.307 e. The van der Waals surface area contributed by atoms with E-state index in [1.807, 2.05) is 0 Å². The first-order valence-electron chi connectivity index (χ1n) is 17.5. The molecule has 0 aliphatic heterocycles. The molecule has 0 N–H and O–H groups in total. The van der Waals surface area contributed by atoms with Gasteiger partial charge in [0.25, 0.3) is 0 Å². The highest BCUT2D eigenvalue weighted by atomic mass is 19.4. The maximum absolute atomic E-state index is 14.1. The second kappa shape index (κ2) is 13.7. The topological polar surface area (TPSA) is 57.4 Å². The van der Waals surface area contributed by atoms with Crippen LogP contribution >= 0.6 is 0 Å². The van der Waals surface area contributed by atoms with Crippen LogP contribution in [0.15, 0.2) is 103 Å². The smallest absolute Gasteiger partial charge is 0.307 e. The van der Waals surface area contributed by atoms with Crippen molar-refractivity contribution < 1.29 is 65.9 Å². The van der Waals surface area contributed by atoms with Crippen molar-refractivity contribution in [3.8, 4) is 34.6 Å². The number of hydrogen-bond acceptors (Lipinski definition) is 2. The molecule has 19 heteroatoms. The summed E-state index contributed by atoms with van der Waals surface area (Å²) in [6.45, 7) is 0. The van der Waals surface area contributed by atoms with E-state index in [2.05, 4.69) is 0 Å². The van der Waals surface area contributed by atoms with Gasteiger partial charge in [0.2, 0.25) is 0 Å². The lowest BCUT2D eigenvalue weighted by Gasteiger charge is -2.20. The van der Waals surface area contributed by atoms with Gasteiger partial charge in [-0.15, -0.1) is 0 Å². The maximum Gasteiger partial charge on any atom is 0.416 e. The number of fused-ring (bicyclic) bond motifs is 6. The Morgan fingerprint density at radius 2 is 0.694 bits per heavy atom. The van der Waals surface area contributed by atoms with E-state index in [1.165, 1.54) is 0 Å². The van der Waals surface area contributed by atoms with Gasteiger partial charge in [-0.2, -0.15) is 76.4 Å². The molecule has 314 valence electrons. The fourth-order valence-electron chi connectivity index (χ4n) is 7.55. The Morgan fingerprint density at radius 3 is 1.00 bits per heavy atom. The Kier molecular flexibility index (Phi) is 9.18. The van der Waals surface area contributed by atoms with Crippen molar-refractivity contribution in [2.75, 3.05) is 0 Å². The van der Waals surface area contributed by atoms with Crippen molar-refractivity contribution in [3.05, 3.63) is 142 Å². The Morgan fingerprint density at radius 1 is 0.355 bits per heavy atom. The van der Waals surface area contributed by atoms with Crippen LogP contribution in [0, 0.1) is 22.7 Å². The average molecular weight is 875 g/mol. The number of nitrogens with zero attached hydrogens (tertiary/aromatic N) is 4. The zero-order chi connectivity index (χ0) is 45.1. The fourth-order valence-corrected chi connectivity index (χ4v) is 7.55. The van der Waals surface area contributed by atoms with E-state index >= 15 is 0 Å². The standard InChI is InChI=1S/C43H17F15N4/c44-39(45,46)23-1-5-33-29(13-23)30-14-24(40(47,48)49)2-6-34(30)61(33)37-12-22(19-60)28(21-9-20(18-59)10-27(11-21)43(56,57)58)17-38(37)62-35-7-3-25(41(50,51)52)15-31(35)32-16-26(42(53,54)55)4-8-36(32)62/h1-17H. The van der Waals surface area contributed by atoms with E-state index in [0.717, 1.165) is 51.6 Å². The van der Waals surface area contributed by atoms with Crippen molar-refractivity contribution in [2.24, 2.45) is 0 Å². The molecule has 0 radical (unpaired) electrons. The van der Waals surface area contributed by atoms with Gasteiger partial charge in [0, 0.05) is 27.1 Å². The molecule has 0 saturated carbocycles. The first-order valence-corrected chi connectivity index (χ1v) is 17.5. The largest absolute Gasteiger partial charge is 0.416 e. The number of benzene rings is 6. The maximum atomic E-state index is 14.1. The van der Waals surface area contributed by atoms with Crippen LogP contribution in [0.4, 0.5) is 65.9 Å². The third-order valence-electron chi connectivity index (χ3n) is 10.3. The summed E-state index contributed by atoms with van der Waals surface area (Å²) in [5.74, 6) is 0. The van der Waals surface area contributed by atoms with Crippen molar-refractivity contribution in [1.29, 1.82) is 10.5 Å². The van der Waals surface area contributed by atoms with Gasteiger partial charge in [0.1, 0.15) is 0 Å². The van der Waals surface area contributed by atoms with Crippen LogP contribution in [0.25, 0.3) is 66.1 Å². The van der Waals surface area contributed by atoms with Gasteiger partial charge >= 0.3 is 30.9 Å². The first-order chi connectivity index (χ1) is 28.8. The van der Waals surface area contributed by atoms with Gasteiger partial charge < -0.3 is 9.13 Å². The minimum atomic E-state index is -5.05. The molecule has 2 heterocycles. The molecule has 0 unspecified atom stereocenters. The molecule has 0 saturated heterocycles. The molecule has 8 aromatic rings. The summed E-state index contributed by atoms with van der Waals surface area (Å²) in [6, 6.07) is 15.7. The van der Waals surface area contributed by atoms with E-state index < -0.39 is 96.9 Å². The predicted molar refractivity (Wildman–Crippen MR) is 195 cm³/mol. The molecule has 0 spiro atoms. The average Bonchev–Trinajstić information content (AvgIpc) is 3.69. The van der Waals surface area contributed by atoms with Crippen molar-refractivity contribution in [2.45, 2.75) is 30.9 Å². The molecule has 0 fully saturated rings. The normalized spacial score (nSPS) is 13.0. The van der Waals surface area contributed by atoms with Gasteiger partial charge in [-0.1, -0.05) is 0 Å². The van der Waals surface area contributed by atoms with Crippen LogP contribution in [0.1, 0.15) is 38.9 Å². The number of halogens is 15. The van der Waals surface area contributed by atoms with E-state index in [1.54, 1.807) is 12.1 Å². The molecule has 0 aliphatic rings. The Labute approximate surface area is 336 Å². The molecule has 62 heavy (non-hydrogen) atoms.